The summed E-state index contributed by atoms with van der Waals surface area (Å²) in [6.07, 6.45) is 11.3. The summed E-state index contributed by atoms with van der Waals surface area (Å²) in [5.41, 5.74) is 3.30. The van der Waals surface area contributed by atoms with Gasteiger partial charge in [0.25, 0.3) is 0 Å². The number of carbonyl (C=O) groups excluding carboxylic acids is 1. The molecule has 1 saturated heterocycles. The number of nitrogens with one attached hydrogen (secondary N) is 1. The van der Waals surface area contributed by atoms with E-state index in [0.29, 0.717) is 11.8 Å². The molecule has 3 heterocycles. The maximum atomic E-state index is 13.1. The van der Waals surface area contributed by atoms with Crippen LogP contribution in [0.15, 0.2) is 36.8 Å². The Morgan fingerprint density at radius 2 is 2.03 bits per heavy atom. The van der Waals surface area contributed by atoms with E-state index < -0.39 is 0 Å². The van der Waals surface area contributed by atoms with Crippen molar-refractivity contribution in [3.8, 4) is 11.1 Å². The lowest BCUT2D eigenvalue weighted by Gasteiger charge is -2.33. The smallest absolute Gasteiger partial charge is 0.226 e. The fourth-order valence-electron chi connectivity index (χ4n) is 5.36. The summed E-state index contributed by atoms with van der Waals surface area (Å²) in [6.45, 7) is 6.14. The topological polar surface area (TPSA) is 66.8 Å². The van der Waals surface area contributed by atoms with Crippen LogP contribution in [-0.2, 0) is 11.3 Å². The third-order valence-electron chi connectivity index (χ3n) is 6.83. The van der Waals surface area contributed by atoms with Crippen LogP contribution in [0, 0.1) is 11.8 Å². The summed E-state index contributed by atoms with van der Waals surface area (Å²) >= 11 is 0. The van der Waals surface area contributed by atoms with E-state index >= 15 is 0 Å². The van der Waals surface area contributed by atoms with Gasteiger partial charge in [0, 0.05) is 41.7 Å². The zero-order chi connectivity index (χ0) is 20.0. The number of amides is 1. The van der Waals surface area contributed by atoms with E-state index in [1.807, 2.05) is 18.6 Å². The molecule has 0 spiro atoms. The molecule has 29 heavy (non-hydrogen) atoms. The molecule has 1 aliphatic heterocycles. The summed E-state index contributed by atoms with van der Waals surface area (Å²) in [6, 6.07) is 6.43. The molecule has 5 rings (SSSR count). The van der Waals surface area contributed by atoms with Crippen molar-refractivity contribution in [2.24, 2.45) is 11.8 Å². The molecule has 6 heteroatoms. The predicted molar refractivity (Wildman–Crippen MR) is 113 cm³/mol. The van der Waals surface area contributed by atoms with Crippen LogP contribution in [0.5, 0.6) is 0 Å². The Kier molecular flexibility index (Phi) is 4.45. The fraction of sp³-hybridized carbons (Fsp3) is 0.522. The van der Waals surface area contributed by atoms with Crippen molar-refractivity contribution in [2.45, 2.75) is 58.0 Å². The van der Waals surface area contributed by atoms with E-state index in [1.54, 1.807) is 0 Å². The molecule has 0 radical (unpaired) electrons. The monoisotopic (exact) mass is 391 g/mol. The molecular formula is C23H29N5O. The molecule has 2 aliphatic rings. The molecular weight excluding hydrogens is 362 g/mol. The van der Waals surface area contributed by atoms with E-state index in [4.69, 9.17) is 0 Å². The van der Waals surface area contributed by atoms with Crippen LogP contribution in [-0.4, -0.2) is 42.9 Å². The van der Waals surface area contributed by atoms with E-state index in [0.717, 1.165) is 54.4 Å². The van der Waals surface area contributed by atoms with Gasteiger partial charge in [-0.25, -0.2) is 0 Å². The molecule has 1 saturated carbocycles. The maximum absolute atomic E-state index is 13.1. The van der Waals surface area contributed by atoms with E-state index in [9.17, 15) is 4.79 Å². The number of aromatic nitrogens is 4. The summed E-state index contributed by atoms with van der Waals surface area (Å²) < 4.78 is 2.11. The van der Waals surface area contributed by atoms with Gasteiger partial charge < -0.3 is 4.90 Å². The van der Waals surface area contributed by atoms with Crippen molar-refractivity contribution in [1.29, 1.82) is 0 Å². The third-order valence-corrected chi connectivity index (χ3v) is 6.83. The molecule has 152 valence electrons. The number of rotatable bonds is 4. The van der Waals surface area contributed by atoms with Crippen molar-refractivity contribution in [2.75, 3.05) is 6.54 Å². The second kappa shape index (κ2) is 7.01. The molecule has 2 aromatic heterocycles. The Bertz CT molecular complexity index is 1010. The zero-order valence-corrected chi connectivity index (χ0v) is 17.3. The lowest BCUT2D eigenvalue weighted by atomic mass is 9.95. The number of benzene rings is 1. The van der Waals surface area contributed by atoms with Gasteiger partial charge in [-0.1, -0.05) is 18.9 Å². The van der Waals surface area contributed by atoms with Gasteiger partial charge >= 0.3 is 0 Å². The van der Waals surface area contributed by atoms with Crippen LogP contribution >= 0.6 is 0 Å². The minimum atomic E-state index is -0.0677. The quantitative estimate of drug-likeness (QED) is 0.723. The van der Waals surface area contributed by atoms with Gasteiger partial charge in [-0.2, -0.15) is 10.2 Å². The fourth-order valence-corrected chi connectivity index (χ4v) is 5.36. The first kappa shape index (κ1) is 18.4. The second-order valence-electron chi connectivity index (χ2n) is 9.40. The Balaban J connectivity index is 1.34. The number of hydrogen-bond donors (Lipinski definition) is 1. The van der Waals surface area contributed by atoms with Crippen LogP contribution in [0.4, 0.5) is 0 Å². The summed E-state index contributed by atoms with van der Waals surface area (Å²) in [4.78, 5) is 15.2. The average molecular weight is 392 g/mol. The molecule has 1 amide bonds. The van der Waals surface area contributed by atoms with Crippen molar-refractivity contribution in [3.05, 3.63) is 36.8 Å². The van der Waals surface area contributed by atoms with Crippen LogP contribution in [0.3, 0.4) is 0 Å². The van der Waals surface area contributed by atoms with E-state index in [1.165, 1.54) is 12.8 Å². The Labute approximate surface area is 171 Å². The molecule has 6 nitrogen and oxygen atoms in total. The first-order valence-corrected chi connectivity index (χ1v) is 10.8. The molecule has 2 fully saturated rings. The lowest BCUT2D eigenvalue weighted by Crippen LogP contribution is -2.45. The molecule has 3 aromatic rings. The number of H-pyrrole nitrogens is 1. The highest BCUT2D eigenvalue weighted by Gasteiger charge is 2.43. The van der Waals surface area contributed by atoms with Gasteiger partial charge in [0.15, 0.2) is 0 Å². The highest BCUT2D eigenvalue weighted by Crippen LogP contribution is 2.37. The van der Waals surface area contributed by atoms with Crippen LogP contribution < -0.4 is 0 Å². The molecule has 0 bridgehead atoms. The standard InChI is InChI=1S/C23H29N5O/c1-23(2)10-16(14-27(23)22(29)17-5-3-4-6-17)15-28-21-8-7-18(9-19(21)13-26-28)20-11-24-25-12-20/h7-9,11-13,16-17H,3-6,10,14-15H2,1-2H3,(H,24,25). The highest BCUT2D eigenvalue weighted by molar-refractivity contribution is 5.84. The number of fused-ring (bicyclic) bond motifs is 1. The summed E-state index contributed by atoms with van der Waals surface area (Å²) in [5, 5.41) is 12.7. The molecule has 1 N–H and O–H groups in total. The number of likely N-dealkylation sites (tertiary alicyclic amines) is 1. The van der Waals surface area contributed by atoms with Gasteiger partial charge in [-0.3, -0.25) is 14.6 Å². The molecule has 1 aromatic carbocycles. The van der Waals surface area contributed by atoms with Crippen molar-refractivity contribution in [3.63, 3.8) is 0 Å². The molecule has 1 unspecified atom stereocenters. The first-order chi connectivity index (χ1) is 14.0. The average Bonchev–Trinajstić information content (AvgIpc) is 3.49. The van der Waals surface area contributed by atoms with E-state index in [2.05, 4.69) is 56.9 Å². The molecule has 1 atom stereocenters. The van der Waals surface area contributed by atoms with Gasteiger partial charge in [0.1, 0.15) is 0 Å². The van der Waals surface area contributed by atoms with Gasteiger partial charge in [-0.05, 0) is 56.7 Å². The second-order valence-corrected chi connectivity index (χ2v) is 9.40. The normalized spacial score (nSPS) is 22.0. The first-order valence-electron chi connectivity index (χ1n) is 10.8. The zero-order valence-electron chi connectivity index (χ0n) is 17.3. The summed E-state index contributed by atoms with van der Waals surface area (Å²) in [5.74, 6) is 1.07. The van der Waals surface area contributed by atoms with E-state index in [-0.39, 0.29) is 11.5 Å². The minimum absolute atomic E-state index is 0.0677. The van der Waals surface area contributed by atoms with Crippen molar-refractivity contribution in [1.82, 2.24) is 24.9 Å². The lowest BCUT2D eigenvalue weighted by molar-refractivity contribution is -0.138. The van der Waals surface area contributed by atoms with Crippen LogP contribution in [0.2, 0.25) is 0 Å². The van der Waals surface area contributed by atoms with Crippen LogP contribution in [0.25, 0.3) is 22.0 Å². The largest absolute Gasteiger partial charge is 0.337 e. The number of aromatic amines is 1. The third kappa shape index (κ3) is 3.34. The number of nitrogens with zero attached hydrogens (tertiary/aromatic N) is 4. The number of hydrogen-bond acceptors (Lipinski definition) is 3. The maximum Gasteiger partial charge on any atom is 0.226 e. The Hall–Kier alpha value is -2.63. The van der Waals surface area contributed by atoms with Crippen molar-refractivity contribution >= 4 is 16.8 Å². The van der Waals surface area contributed by atoms with Gasteiger partial charge in [0.2, 0.25) is 5.91 Å². The van der Waals surface area contributed by atoms with Crippen molar-refractivity contribution < 1.29 is 4.79 Å². The summed E-state index contributed by atoms with van der Waals surface area (Å²) in [7, 11) is 0. The Morgan fingerprint density at radius 3 is 2.79 bits per heavy atom. The SMILES string of the molecule is CC1(C)CC(Cn2ncc3cc(-c4cn[nH]c4)ccc32)CN1C(=O)C1CCCC1. The van der Waals surface area contributed by atoms with Gasteiger partial charge in [-0.15, -0.1) is 0 Å². The highest BCUT2D eigenvalue weighted by atomic mass is 16.2. The predicted octanol–water partition coefficient (Wildman–Crippen LogP) is 4.24. The Morgan fingerprint density at radius 1 is 1.21 bits per heavy atom. The number of carbonyl (C=O) groups is 1. The minimum Gasteiger partial charge on any atom is -0.337 e. The van der Waals surface area contributed by atoms with Gasteiger partial charge in [0.05, 0.1) is 17.9 Å². The molecule has 1 aliphatic carbocycles. The van der Waals surface area contributed by atoms with Crippen LogP contribution in [0.1, 0.15) is 46.0 Å².